The standard InChI is InChI=1S/C27H58O5Si/c1-13-24(14-2,23-26(17-5,18-6)33(29-10,30-11)31-12)27(19-7,20-8)32-22-21-25(15-3,16-4)28-9/h13-23H2,1-12H3. The van der Waals surface area contributed by atoms with E-state index in [9.17, 15) is 0 Å². The van der Waals surface area contributed by atoms with Gasteiger partial charge in [-0.2, -0.15) is 0 Å². The summed E-state index contributed by atoms with van der Waals surface area (Å²) >= 11 is 0. The van der Waals surface area contributed by atoms with E-state index in [2.05, 4.69) is 55.4 Å². The lowest BCUT2D eigenvalue weighted by molar-refractivity contribution is -0.167. The third-order valence-electron chi connectivity index (χ3n) is 9.61. The van der Waals surface area contributed by atoms with Gasteiger partial charge in [0, 0.05) is 33.5 Å². The van der Waals surface area contributed by atoms with Crippen molar-refractivity contribution in [3.05, 3.63) is 0 Å². The van der Waals surface area contributed by atoms with Gasteiger partial charge in [-0.05, 0) is 69.6 Å². The number of rotatable bonds is 20. The summed E-state index contributed by atoms with van der Waals surface area (Å²) in [6.07, 6.45) is 9.85. The molecule has 0 fully saturated rings. The van der Waals surface area contributed by atoms with Crippen LogP contribution in [0, 0.1) is 5.41 Å². The van der Waals surface area contributed by atoms with Crippen LogP contribution in [0.15, 0.2) is 0 Å². The Morgan fingerprint density at radius 3 is 1.30 bits per heavy atom. The van der Waals surface area contributed by atoms with Gasteiger partial charge in [0.05, 0.1) is 17.8 Å². The van der Waals surface area contributed by atoms with Crippen LogP contribution in [0.5, 0.6) is 0 Å². The fourth-order valence-electron chi connectivity index (χ4n) is 6.68. The Morgan fingerprint density at radius 1 is 0.576 bits per heavy atom. The van der Waals surface area contributed by atoms with Crippen molar-refractivity contribution >= 4 is 8.80 Å². The van der Waals surface area contributed by atoms with E-state index in [-0.39, 0.29) is 21.7 Å². The zero-order valence-corrected chi connectivity index (χ0v) is 25.3. The molecule has 0 heterocycles. The quantitative estimate of drug-likeness (QED) is 0.163. The lowest BCUT2D eigenvalue weighted by atomic mass is 9.60. The van der Waals surface area contributed by atoms with Crippen LogP contribution < -0.4 is 0 Å². The molecule has 0 N–H and O–H groups in total. The van der Waals surface area contributed by atoms with Gasteiger partial charge in [0.25, 0.3) is 0 Å². The number of hydrogen-bond donors (Lipinski definition) is 0. The summed E-state index contributed by atoms with van der Waals surface area (Å²) in [7, 11) is 4.20. The fraction of sp³-hybridized carbons (Fsp3) is 1.00. The Morgan fingerprint density at radius 2 is 1.03 bits per heavy atom. The van der Waals surface area contributed by atoms with Gasteiger partial charge in [0.2, 0.25) is 0 Å². The number of hydrogen-bond acceptors (Lipinski definition) is 5. The Balaban J connectivity index is 6.41. The lowest BCUT2D eigenvalue weighted by Gasteiger charge is -2.55. The lowest BCUT2D eigenvalue weighted by Crippen LogP contribution is -2.59. The van der Waals surface area contributed by atoms with E-state index in [1.165, 1.54) is 0 Å². The van der Waals surface area contributed by atoms with Crippen molar-refractivity contribution in [1.82, 2.24) is 0 Å². The minimum Gasteiger partial charge on any atom is -0.378 e. The highest BCUT2D eigenvalue weighted by Crippen LogP contribution is 2.60. The molecule has 0 aliphatic heterocycles. The second-order valence-corrected chi connectivity index (χ2v) is 13.1. The van der Waals surface area contributed by atoms with Crippen LogP contribution in [0.4, 0.5) is 0 Å². The van der Waals surface area contributed by atoms with Crippen LogP contribution in [-0.2, 0) is 22.8 Å². The number of ether oxygens (including phenoxy) is 2. The molecule has 6 heteroatoms. The maximum absolute atomic E-state index is 7.00. The van der Waals surface area contributed by atoms with Gasteiger partial charge >= 0.3 is 8.80 Å². The summed E-state index contributed by atoms with van der Waals surface area (Å²) in [5.74, 6) is 0. The molecule has 0 amide bonds. The third-order valence-corrected chi connectivity index (χ3v) is 13.4. The smallest absolute Gasteiger partial charge is 0.378 e. The highest BCUT2D eigenvalue weighted by atomic mass is 28.4. The topological polar surface area (TPSA) is 46.2 Å². The Kier molecular flexibility index (Phi) is 14.6. The molecule has 0 aliphatic rings. The van der Waals surface area contributed by atoms with Gasteiger partial charge in [0.1, 0.15) is 0 Å². The Labute approximate surface area is 208 Å². The molecule has 0 aromatic carbocycles. The van der Waals surface area contributed by atoms with Crippen molar-refractivity contribution in [2.24, 2.45) is 5.41 Å². The van der Waals surface area contributed by atoms with Crippen LogP contribution in [0.3, 0.4) is 0 Å². The van der Waals surface area contributed by atoms with Gasteiger partial charge in [-0.15, -0.1) is 0 Å². The van der Waals surface area contributed by atoms with E-state index in [1.807, 2.05) is 7.11 Å². The predicted octanol–water partition coefficient (Wildman–Crippen LogP) is 7.79. The van der Waals surface area contributed by atoms with Crippen LogP contribution in [0.25, 0.3) is 0 Å². The first kappa shape index (κ1) is 33.0. The molecule has 5 nitrogen and oxygen atoms in total. The normalized spacial score (nSPS) is 14.2. The fourth-order valence-corrected chi connectivity index (χ4v) is 9.90. The first-order chi connectivity index (χ1) is 15.6. The average Bonchev–Trinajstić information content (AvgIpc) is 2.88. The largest absolute Gasteiger partial charge is 0.506 e. The van der Waals surface area contributed by atoms with Crippen LogP contribution in [0.1, 0.15) is 120 Å². The van der Waals surface area contributed by atoms with Crippen molar-refractivity contribution < 1.29 is 22.8 Å². The monoisotopic (exact) mass is 490 g/mol. The molecular weight excluding hydrogens is 432 g/mol. The van der Waals surface area contributed by atoms with Gasteiger partial charge in [-0.1, -0.05) is 55.4 Å². The van der Waals surface area contributed by atoms with Crippen molar-refractivity contribution in [2.75, 3.05) is 35.0 Å². The first-order valence-corrected chi connectivity index (χ1v) is 15.2. The molecule has 0 aliphatic carbocycles. The van der Waals surface area contributed by atoms with Crippen LogP contribution in [-0.4, -0.2) is 55.1 Å². The third kappa shape index (κ3) is 6.24. The van der Waals surface area contributed by atoms with Crippen molar-refractivity contribution in [3.8, 4) is 0 Å². The van der Waals surface area contributed by atoms with E-state index in [4.69, 9.17) is 22.8 Å². The molecule has 0 rings (SSSR count). The zero-order chi connectivity index (χ0) is 25.8. The summed E-state index contributed by atoms with van der Waals surface area (Å²) in [6, 6.07) is 0. The maximum atomic E-state index is 7.00. The summed E-state index contributed by atoms with van der Waals surface area (Å²) in [5.41, 5.74) is -0.331. The van der Waals surface area contributed by atoms with Crippen molar-refractivity contribution in [2.45, 2.75) is 136 Å². The molecule has 0 aromatic heterocycles. The summed E-state index contributed by atoms with van der Waals surface area (Å²) in [4.78, 5) is 0. The van der Waals surface area contributed by atoms with Gasteiger partial charge < -0.3 is 22.8 Å². The van der Waals surface area contributed by atoms with Gasteiger partial charge in [-0.3, -0.25) is 0 Å². The Bertz CT molecular complexity index is 488. The first-order valence-electron chi connectivity index (χ1n) is 13.5. The van der Waals surface area contributed by atoms with E-state index in [0.29, 0.717) is 6.61 Å². The molecule has 200 valence electrons. The minimum absolute atomic E-state index is 0.00940. The van der Waals surface area contributed by atoms with E-state index in [1.54, 1.807) is 21.3 Å². The molecule has 0 saturated heterocycles. The molecule has 33 heavy (non-hydrogen) atoms. The molecule has 0 saturated carbocycles. The van der Waals surface area contributed by atoms with Crippen LogP contribution >= 0.6 is 0 Å². The van der Waals surface area contributed by atoms with Gasteiger partial charge in [-0.25, -0.2) is 0 Å². The zero-order valence-electron chi connectivity index (χ0n) is 24.3. The SMILES string of the molecule is CCC(CC)(CCOC(CC)(CC)C(CC)(CC)CC(CC)(CC)[Si](OC)(OC)OC)OC. The van der Waals surface area contributed by atoms with E-state index in [0.717, 1.165) is 64.2 Å². The molecule has 0 unspecified atom stereocenters. The molecule has 0 atom stereocenters. The summed E-state index contributed by atoms with van der Waals surface area (Å²) in [5, 5.41) is -0.167. The molecule has 0 bridgehead atoms. The Hall–Kier alpha value is 0.0169. The highest BCUT2D eigenvalue weighted by molar-refractivity contribution is 6.64. The highest BCUT2D eigenvalue weighted by Gasteiger charge is 2.62. The molecule has 0 radical (unpaired) electrons. The molecular formula is C27H58O5Si. The van der Waals surface area contributed by atoms with Gasteiger partial charge in [0.15, 0.2) is 0 Å². The second kappa shape index (κ2) is 14.5. The van der Waals surface area contributed by atoms with E-state index >= 15 is 0 Å². The summed E-state index contributed by atoms with van der Waals surface area (Å²) < 4.78 is 31.2. The van der Waals surface area contributed by atoms with Crippen LogP contribution in [0.2, 0.25) is 5.04 Å². The second-order valence-electron chi connectivity index (χ2n) is 9.71. The molecule has 0 aromatic rings. The molecule has 0 spiro atoms. The predicted molar refractivity (Wildman–Crippen MR) is 142 cm³/mol. The average molecular weight is 491 g/mol. The summed E-state index contributed by atoms with van der Waals surface area (Å²) in [6.45, 7) is 18.9. The van der Waals surface area contributed by atoms with Crippen molar-refractivity contribution in [1.29, 1.82) is 0 Å². The maximum Gasteiger partial charge on any atom is 0.506 e. The minimum atomic E-state index is -2.90. The van der Waals surface area contributed by atoms with Crippen molar-refractivity contribution in [3.63, 3.8) is 0 Å². The van der Waals surface area contributed by atoms with E-state index < -0.39 is 8.80 Å². The number of methoxy groups -OCH3 is 1.